The maximum absolute atomic E-state index is 4.60. The summed E-state index contributed by atoms with van der Waals surface area (Å²) in [4.78, 5) is 13.8. The van der Waals surface area contributed by atoms with Gasteiger partial charge in [0, 0.05) is 64.9 Å². The van der Waals surface area contributed by atoms with Gasteiger partial charge in [-0.25, -0.2) is 9.67 Å². The average molecular weight is 575 g/mol. The first-order valence-electron chi connectivity index (χ1n) is 11.7. The van der Waals surface area contributed by atoms with Crippen molar-refractivity contribution in [3.8, 4) is 5.69 Å². The van der Waals surface area contributed by atoms with Crippen molar-refractivity contribution in [1.29, 1.82) is 0 Å². The average Bonchev–Trinajstić information content (AvgIpc) is 3.42. The molecule has 0 amide bonds. The Morgan fingerprint density at radius 2 is 1.79 bits per heavy atom. The molecule has 0 bridgehead atoms. The van der Waals surface area contributed by atoms with Crippen LogP contribution in [0.5, 0.6) is 0 Å². The van der Waals surface area contributed by atoms with E-state index in [1.807, 2.05) is 23.1 Å². The number of halogens is 1. The summed E-state index contributed by atoms with van der Waals surface area (Å²) >= 11 is 0. The second kappa shape index (κ2) is 13.3. The van der Waals surface area contributed by atoms with E-state index in [1.165, 1.54) is 11.1 Å². The zero-order chi connectivity index (χ0) is 22.9. The number of benzene rings is 1. The molecule has 1 fully saturated rings. The Balaban J connectivity index is 0.00000324. The lowest BCUT2D eigenvalue weighted by molar-refractivity contribution is 0.270. The fourth-order valence-corrected chi connectivity index (χ4v) is 4.01. The first-order valence-corrected chi connectivity index (χ1v) is 11.7. The van der Waals surface area contributed by atoms with Gasteiger partial charge in [0.15, 0.2) is 5.96 Å². The summed E-state index contributed by atoms with van der Waals surface area (Å²) in [5.41, 5.74) is 3.55. The quantitative estimate of drug-likeness (QED) is 0.245. The third-order valence-corrected chi connectivity index (χ3v) is 6.05. The topological polar surface area (TPSA) is 73.6 Å². The van der Waals surface area contributed by atoms with Crippen LogP contribution in [0.4, 0.5) is 5.82 Å². The van der Waals surface area contributed by atoms with Gasteiger partial charge in [0.1, 0.15) is 5.82 Å². The third-order valence-electron chi connectivity index (χ3n) is 6.05. The highest BCUT2D eigenvalue weighted by molar-refractivity contribution is 14.0. The van der Waals surface area contributed by atoms with Crippen molar-refractivity contribution in [2.24, 2.45) is 4.99 Å². The Hall–Kier alpha value is -2.66. The van der Waals surface area contributed by atoms with Crippen molar-refractivity contribution < 1.29 is 0 Å². The molecule has 34 heavy (non-hydrogen) atoms. The maximum atomic E-state index is 4.60. The summed E-state index contributed by atoms with van der Waals surface area (Å²) < 4.78 is 1.86. The van der Waals surface area contributed by atoms with E-state index in [2.05, 4.69) is 78.8 Å². The van der Waals surface area contributed by atoms with Gasteiger partial charge in [-0.3, -0.25) is 4.99 Å². The van der Waals surface area contributed by atoms with Gasteiger partial charge in [0.05, 0.1) is 5.69 Å². The van der Waals surface area contributed by atoms with E-state index in [0.29, 0.717) is 6.54 Å². The number of anilines is 1. The van der Waals surface area contributed by atoms with Crippen LogP contribution in [0, 0.1) is 0 Å². The minimum Gasteiger partial charge on any atom is -0.356 e. The number of aromatic nitrogens is 3. The molecule has 0 atom stereocenters. The zero-order valence-electron chi connectivity index (χ0n) is 20.0. The van der Waals surface area contributed by atoms with Gasteiger partial charge in [-0.15, -0.1) is 24.0 Å². The number of piperazine rings is 1. The lowest BCUT2D eigenvalue weighted by Crippen LogP contribution is -2.46. The number of hydrogen-bond acceptors (Lipinski definition) is 5. The van der Waals surface area contributed by atoms with Crippen LogP contribution in [0.25, 0.3) is 5.69 Å². The highest BCUT2D eigenvalue weighted by Crippen LogP contribution is 2.15. The molecule has 182 valence electrons. The molecule has 1 aliphatic heterocycles. The summed E-state index contributed by atoms with van der Waals surface area (Å²) in [6.07, 6.45) is 6.56. The molecule has 1 saturated heterocycles. The molecular formula is C25H35IN8. The largest absolute Gasteiger partial charge is 0.356 e. The number of nitrogens with zero attached hydrogens (tertiary/aromatic N) is 6. The Morgan fingerprint density at radius 1 is 1.00 bits per heavy atom. The SMILES string of the molecule is CCN1CCN(c2cc(CNC(=NC)NCCc3ccc(-n4cccn4)cc3)ccn2)CC1.I. The van der Waals surface area contributed by atoms with E-state index < -0.39 is 0 Å². The lowest BCUT2D eigenvalue weighted by atomic mass is 10.1. The molecule has 0 aliphatic carbocycles. The van der Waals surface area contributed by atoms with E-state index in [0.717, 1.165) is 63.2 Å². The Morgan fingerprint density at radius 3 is 2.47 bits per heavy atom. The molecule has 3 heterocycles. The van der Waals surface area contributed by atoms with Crippen molar-refractivity contribution in [2.75, 3.05) is 51.2 Å². The van der Waals surface area contributed by atoms with Crippen LogP contribution in [0.3, 0.4) is 0 Å². The van der Waals surface area contributed by atoms with Crippen molar-refractivity contribution in [3.63, 3.8) is 0 Å². The summed E-state index contributed by atoms with van der Waals surface area (Å²) in [5.74, 6) is 1.87. The van der Waals surface area contributed by atoms with E-state index in [1.54, 1.807) is 13.2 Å². The minimum absolute atomic E-state index is 0. The van der Waals surface area contributed by atoms with Crippen molar-refractivity contribution in [2.45, 2.75) is 19.9 Å². The number of rotatable bonds is 8. The van der Waals surface area contributed by atoms with Gasteiger partial charge in [0.25, 0.3) is 0 Å². The van der Waals surface area contributed by atoms with Crippen molar-refractivity contribution >= 4 is 35.8 Å². The Labute approximate surface area is 219 Å². The Kier molecular flexibility index (Phi) is 10.1. The summed E-state index contributed by atoms with van der Waals surface area (Å²) in [7, 11) is 1.80. The summed E-state index contributed by atoms with van der Waals surface area (Å²) in [6.45, 7) is 9.13. The molecule has 3 aromatic rings. The second-order valence-corrected chi connectivity index (χ2v) is 8.16. The van der Waals surface area contributed by atoms with E-state index in [-0.39, 0.29) is 24.0 Å². The molecule has 8 nitrogen and oxygen atoms in total. The highest BCUT2D eigenvalue weighted by atomic mass is 127. The normalized spacial score (nSPS) is 14.5. The van der Waals surface area contributed by atoms with Gasteiger partial charge in [-0.05, 0) is 54.4 Å². The number of guanidine groups is 1. The summed E-state index contributed by atoms with van der Waals surface area (Å²) in [5, 5.41) is 11.1. The van der Waals surface area contributed by atoms with E-state index >= 15 is 0 Å². The molecule has 0 saturated carbocycles. The van der Waals surface area contributed by atoms with Crippen LogP contribution in [-0.2, 0) is 13.0 Å². The van der Waals surface area contributed by atoms with Gasteiger partial charge in [0.2, 0.25) is 0 Å². The van der Waals surface area contributed by atoms with Crippen LogP contribution in [0.2, 0.25) is 0 Å². The lowest BCUT2D eigenvalue weighted by Gasteiger charge is -2.34. The minimum atomic E-state index is 0. The van der Waals surface area contributed by atoms with Gasteiger partial charge < -0.3 is 20.4 Å². The number of aliphatic imine (C=N–C) groups is 1. The number of hydrogen-bond donors (Lipinski definition) is 2. The van der Waals surface area contributed by atoms with Crippen LogP contribution < -0.4 is 15.5 Å². The van der Waals surface area contributed by atoms with Crippen LogP contribution in [0.15, 0.2) is 66.0 Å². The molecule has 4 rings (SSSR count). The van der Waals surface area contributed by atoms with Gasteiger partial charge >= 0.3 is 0 Å². The molecule has 0 spiro atoms. The first kappa shape index (κ1) is 26.0. The van der Waals surface area contributed by atoms with E-state index in [4.69, 9.17) is 0 Å². The smallest absolute Gasteiger partial charge is 0.191 e. The van der Waals surface area contributed by atoms with Gasteiger partial charge in [-0.1, -0.05) is 19.1 Å². The molecule has 2 aromatic heterocycles. The van der Waals surface area contributed by atoms with Gasteiger partial charge in [-0.2, -0.15) is 5.10 Å². The molecule has 0 radical (unpaired) electrons. The maximum Gasteiger partial charge on any atom is 0.191 e. The molecule has 9 heteroatoms. The van der Waals surface area contributed by atoms with Crippen LogP contribution in [-0.4, -0.2) is 71.9 Å². The number of pyridine rings is 1. The highest BCUT2D eigenvalue weighted by Gasteiger charge is 2.16. The standard InChI is InChI=1S/C25H34N8.HI/c1-3-31-15-17-32(18-16-31)24-19-22(10-12-27-24)20-29-25(26-2)28-13-9-21-5-7-23(8-6-21)33-14-4-11-30-33;/h4-8,10-12,14,19H,3,9,13,15-18,20H2,1-2H3,(H2,26,28,29);1H. The number of nitrogens with one attached hydrogen (secondary N) is 2. The third kappa shape index (κ3) is 7.17. The van der Waals surface area contributed by atoms with Crippen molar-refractivity contribution in [3.05, 3.63) is 72.2 Å². The molecule has 2 N–H and O–H groups in total. The number of likely N-dealkylation sites (N-methyl/N-ethyl adjacent to an activating group) is 1. The van der Waals surface area contributed by atoms with Crippen LogP contribution in [0.1, 0.15) is 18.1 Å². The fourth-order valence-electron chi connectivity index (χ4n) is 4.01. The van der Waals surface area contributed by atoms with Crippen LogP contribution >= 0.6 is 24.0 Å². The van der Waals surface area contributed by atoms with Crippen molar-refractivity contribution in [1.82, 2.24) is 30.3 Å². The second-order valence-electron chi connectivity index (χ2n) is 8.16. The molecular weight excluding hydrogens is 539 g/mol. The van der Waals surface area contributed by atoms with E-state index in [9.17, 15) is 0 Å². The monoisotopic (exact) mass is 574 g/mol. The molecule has 1 aliphatic rings. The first-order chi connectivity index (χ1) is 16.2. The molecule has 0 unspecified atom stereocenters. The summed E-state index contributed by atoms with van der Waals surface area (Å²) in [6, 6.07) is 14.7. The fraction of sp³-hybridized carbons (Fsp3) is 0.400. The predicted molar refractivity (Wildman–Crippen MR) is 149 cm³/mol. The molecule has 1 aromatic carbocycles. The zero-order valence-corrected chi connectivity index (χ0v) is 22.4. The Bertz CT molecular complexity index is 1010. The predicted octanol–water partition coefficient (Wildman–Crippen LogP) is 2.93.